The van der Waals surface area contributed by atoms with Crippen molar-refractivity contribution in [1.82, 2.24) is 0 Å². The van der Waals surface area contributed by atoms with Gasteiger partial charge in [-0.2, -0.15) is 0 Å². The molecule has 1 heterocycles. The van der Waals surface area contributed by atoms with Crippen molar-refractivity contribution in [2.24, 2.45) is 5.92 Å². The van der Waals surface area contributed by atoms with Gasteiger partial charge >= 0.3 is 6.36 Å². The van der Waals surface area contributed by atoms with Gasteiger partial charge in [-0.3, -0.25) is 4.79 Å². The van der Waals surface area contributed by atoms with Crippen LogP contribution in [0.5, 0.6) is 5.75 Å². The first-order valence-corrected chi connectivity index (χ1v) is 9.70. The van der Waals surface area contributed by atoms with Gasteiger partial charge in [-0.15, -0.1) is 13.2 Å². The number of halogens is 7. The van der Waals surface area contributed by atoms with Crippen molar-refractivity contribution >= 4 is 34.1 Å². The van der Waals surface area contributed by atoms with Gasteiger partial charge in [0, 0.05) is 31.1 Å². The molecule has 0 saturated heterocycles. The van der Waals surface area contributed by atoms with E-state index in [1.54, 1.807) is 13.0 Å². The van der Waals surface area contributed by atoms with E-state index in [0.717, 1.165) is 12.1 Å². The summed E-state index contributed by atoms with van der Waals surface area (Å²) >= 11 is 11.2. The van der Waals surface area contributed by atoms with Gasteiger partial charge in [-0.25, -0.2) is 8.78 Å². The third kappa shape index (κ3) is 4.98. The summed E-state index contributed by atoms with van der Waals surface area (Å²) in [7, 11) is 0. The molecule has 0 aliphatic carbocycles. The van der Waals surface area contributed by atoms with Gasteiger partial charge in [0.15, 0.2) is 5.82 Å². The zero-order valence-electron chi connectivity index (χ0n) is 15.6. The maximum Gasteiger partial charge on any atom is 0.573 e. The fraction of sp³-hybridized carbons (Fsp3) is 0.350. The number of nitrogens with zero attached hydrogens (tertiary/aromatic N) is 1. The molecule has 3 nitrogen and oxygen atoms in total. The van der Waals surface area contributed by atoms with Gasteiger partial charge in [0.05, 0.1) is 10.7 Å². The summed E-state index contributed by atoms with van der Waals surface area (Å²) in [6.45, 7) is 1.82. The third-order valence-electron chi connectivity index (χ3n) is 4.88. The Kier molecular flexibility index (Phi) is 6.48. The van der Waals surface area contributed by atoms with Gasteiger partial charge in [0.2, 0.25) is 5.24 Å². The van der Waals surface area contributed by atoms with E-state index in [9.17, 15) is 26.7 Å². The molecule has 1 unspecified atom stereocenters. The van der Waals surface area contributed by atoms with Gasteiger partial charge in [0.25, 0.3) is 0 Å². The molecule has 2 aromatic carbocycles. The van der Waals surface area contributed by atoms with Crippen molar-refractivity contribution < 1.29 is 31.5 Å². The highest BCUT2D eigenvalue weighted by molar-refractivity contribution is 6.63. The first-order valence-electron chi connectivity index (χ1n) is 8.94. The van der Waals surface area contributed by atoms with Gasteiger partial charge in [-0.05, 0) is 41.1 Å². The van der Waals surface area contributed by atoms with Crippen LogP contribution in [0.1, 0.15) is 23.6 Å². The lowest BCUT2D eigenvalue weighted by Gasteiger charge is -2.32. The molecule has 10 heteroatoms. The Morgan fingerprint density at radius 3 is 2.57 bits per heavy atom. The van der Waals surface area contributed by atoms with E-state index in [1.807, 2.05) is 0 Å². The van der Waals surface area contributed by atoms with Gasteiger partial charge in [0.1, 0.15) is 11.6 Å². The molecular formula is C20H16Cl2F5NO2. The van der Waals surface area contributed by atoms with Crippen LogP contribution in [0.3, 0.4) is 0 Å². The van der Waals surface area contributed by atoms with Crippen molar-refractivity contribution in [1.29, 1.82) is 0 Å². The summed E-state index contributed by atoms with van der Waals surface area (Å²) in [6.07, 6.45) is -4.61. The van der Waals surface area contributed by atoms with Crippen LogP contribution in [0, 0.1) is 17.6 Å². The van der Waals surface area contributed by atoms with Crippen LogP contribution in [-0.4, -0.2) is 18.1 Å². The molecular weight excluding hydrogens is 452 g/mol. The first kappa shape index (κ1) is 22.6. The van der Waals surface area contributed by atoms with Gasteiger partial charge in [-0.1, -0.05) is 30.7 Å². The number of hydrogen-bond donors (Lipinski definition) is 0. The van der Waals surface area contributed by atoms with Crippen LogP contribution in [0.15, 0.2) is 24.3 Å². The molecule has 0 radical (unpaired) electrons. The van der Waals surface area contributed by atoms with E-state index in [-0.39, 0.29) is 31.6 Å². The maximum absolute atomic E-state index is 14.9. The topological polar surface area (TPSA) is 29.5 Å². The molecule has 0 bridgehead atoms. The summed E-state index contributed by atoms with van der Waals surface area (Å²) in [5.74, 6) is -2.53. The zero-order valence-corrected chi connectivity index (χ0v) is 17.1. The number of hydrogen-bond acceptors (Lipinski definition) is 3. The molecule has 3 rings (SSSR count). The highest BCUT2D eigenvalue weighted by Gasteiger charge is 2.32. The van der Waals surface area contributed by atoms with E-state index in [4.69, 9.17) is 23.2 Å². The zero-order chi connectivity index (χ0) is 22.2. The number of benzene rings is 2. The molecule has 0 aromatic heterocycles. The predicted octanol–water partition coefficient (Wildman–Crippen LogP) is 6.02. The molecule has 0 saturated carbocycles. The highest BCUT2D eigenvalue weighted by atomic mass is 35.5. The third-order valence-corrected chi connectivity index (χ3v) is 5.53. The van der Waals surface area contributed by atoms with Crippen LogP contribution in [0.25, 0.3) is 0 Å². The Bertz CT molecular complexity index is 981. The number of ether oxygens (including phenoxy) is 1. The van der Waals surface area contributed by atoms with Crippen LogP contribution >= 0.6 is 23.2 Å². The Morgan fingerprint density at radius 2 is 1.93 bits per heavy atom. The smallest absolute Gasteiger partial charge is 0.406 e. The van der Waals surface area contributed by atoms with Crippen LogP contribution in [0.2, 0.25) is 5.02 Å². The van der Waals surface area contributed by atoms with E-state index in [1.165, 1.54) is 11.0 Å². The van der Waals surface area contributed by atoms with Crippen LogP contribution in [0.4, 0.5) is 27.6 Å². The SMILES string of the molecule is CC(Cc1ccc2c(c1F)CCN(c1cc(OC(F)(F)F)cc(Cl)c1F)C2)C(=O)Cl. The van der Waals surface area contributed by atoms with Crippen LogP contribution < -0.4 is 9.64 Å². The number of rotatable bonds is 5. The van der Waals surface area contributed by atoms with Crippen molar-refractivity contribution in [2.45, 2.75) is 32.7 Å². The van der Waals surface area contributed by atoms with Gasteiger partial charge < -0.3 is 9.64 Å². The number of anilines is 1. The molecule has 30 heavy (non-hydrogen) atoms. The van der Waals surface area contributed by atoms with E-state index < -0.39 is 39.9 Å². The molecule has 1 atom stereocenters. The van der Waals surface area contributed by atoms with Crippen molar-refractivity contribution in [2.75, 3.05) is 11.4 Å². The fourth-order valence-electron chi connectivity index (χ4n) is 3.41. The monoisotopic (exact) mass is 467 g/mol. The second-order valence-electron chi connectivity index (χ2n) is 7.04. The summed E-state index contributed by atoms with van der Waals surface area (Å²) in [4.78, 5) is 12.7. The predicted molar refractivity (Wildman–Crippen MR) is 103 cm³/mol. The lowest BCUT2D eigenvalue weighted by atomic mass is 9.92. The standard InChI is InChI=1S/C20H16Cl2F5NO2/c1-10(19(22)29)6-11-2-3-12-9-28(5-4-14(12)17(11)23)16-8-13(30-20(25,26)27)7-15(21)18(16)24/h2-3,7-8,10H,4-6,9H2,1H3. The number of carbonyl (C=O) groups is 1. The maximum atomic E-state index is 14.9. The van der Waals surface area contributed by atoms with Crippen LogP contribution in [-0.2, 0) is 24.2 Å². The summed E-state index contributed by atoms with van der Waals surface area (Å²) in [5, 5.41) is -1.08. The summed E-state index contributed by atoms with van der Waals surface area (Å²) < 4.78 is 70.8. The van der Waals surface area contributed by atoms with E-state index >= 15 is 0 Å². The Balaban J connectivity index is 1.88. The second kappa shape index (κ2) is 8.59. The molecule has 0 fully saturated rings. The van der Waals surface area contributed by atoms with Crippen molar-refractivity contribution in [3.8, 4) is 5.75 Å². The lowest BCUT2D eigenvalue weighted by molar-refractivity contribution is -0.274. The van der Waals surface area contributed by atoms with E-state index in [2.05, 4.69) is 4.74 Å². The molecule has 0 spiro atoms. The molecule has 2 aromatic rings. The van der Waals surface area contributed by atoms with Crippen molar-refractivity contribution in [3.05, 3.63) is 57.6 Å². The molecule has 0 N–H and O–H groups in total. The Labute approximate surface area is 179 Å². The quantitative estimate of drug-likeness (QED) is 0.397. The Morgan fingerprint density at radius 1 is 1.23 bits per heavy atom. The lowest BCUT2D eigenvalue weighted by Crippen LogP contribution is -2.32. The molecule has 1 aliphatic rings. The summed E-state index contributed by atoms with van der Waals surface area (Å²) in [6, 6.07) is 4.84. The summed E-state index contributed by atoms with van der Waals surface area (Å²) in [5.41, 5.74) is 1.16. The molecule has 0 amide bonds. The normalized spacial score (nSPS) is 15.0. The average molecular weight is 468 g/mol. The number of alkyl halides is 3. The minimum absolute atomic E-state index is 0.0687. The molecule has 162 valence electrons. The average Bonchev–Trinajstić information content (AvgIpc) is 2.65. The van der Waals surface area contributed by atoms with E-state index in [0.29, 0.717) is 16.7 Å². The number of carbonyl (C=O) groups excluding carboxylic acids is 1. The number of fused-ring (bicyclic) bond motifs is 1. The Hall–Kier alpha value is -2.06. The van der Waals surface area contributed by atoms with Crippen molar-refractivity contribution in [3.63, 3.8) is 0 Å². The highest BCUT2D eigenvalue weighted by Crippen LogP contribution is 2.36. The molecule has 1 aliphatic heterocycles. The minimum Gasteiger partial charge on any atom is -0.406 e. The second-order valence-corrected chi connectivity index (χ2v) is 7.82. The largest absolute Gasteiger partial charge is 0.573 e. The minimum atomic E-state index is -4.95. The first-order chi connectivity index (χ1) is 14.0. The fourth-order valence-corrected chi connectivity index (χ4v) is 3.69.